The van der Waals surface area contributed by atoms with Crippen molar-refractivity contribution < 1.29 is 4.74 Å². The van der Waals surface area contributed by atoms with Crippen LogP contribution < -0.4 is 10.1 Å². The Hall–Kier alpha value is -1.19. The van der Waals surface area contributed by atoms with E-state index in [1.165, 1.54) is 11.1 Å². The highest BCUT2D eigenvalue weighted by Crippen LogP contribution is 2.37. The van der Waals surface area contributed by atoms with Crippen LogP contribution in [0.5, 0.6) is 5.75 Å². The van der Waals surface area contributed by atoms with E-state index in [0.29, 0.717) is 5.02 Å². The summed E-state index contributed by atoms with van der Waals surface area (Å²) in [5, 5.41) is 4.11. The Morgan fingerprint density at radius 2 is 2.00 bits per heavy atom. The molecule has 0 aromatic heterocycles. The number of hydrogen-bond donors (Lipinski definition) is 1. The molecule has 0 saturated heterocycles. The van der Waals surface area contributed by atoms with Gasteiger partial charge in [-0.25, -0.2) is 0 Å². The summed E-state index contributed by atoms with van der Waals surface area (Å²) in [4.78, 5) is 0. The van der Waals surface area contributed by atoms with Crippen molar-refractivity contribution in [1.29, 1.82) is 0 Å². The Balaban J connectivity index is 2.30. The van der Waals surface area contributed by atoms with E-state index in [4.69, 9.17) is 16.3 Å². The summed E-state index contributed by atoms with van der Waals surface area (Å²) < 4.78 is 6.26. The van der Waals surface area contributed by atoms with E-state index in [9.17, 15) is 0 Å². The molecule has 0 aliphatic carbocycles. The summed E-state index contributed by atoms with van der Waals surface area (Å²) >= 11 is 9.57. The Morgan fingerprint density at radius 1 is 1.25 bits per heavy atom. The first-order valence-corrected chi connectivity index (χ1v) is 7.54. The molecule has 0 radical (unpaired) electrons. The molecule has 20 heavy (non-hydrogen) atoms. The fraction of sp³-hybridized carbons (Fsp3) is 0.250. The lowest BCUT2D eigenvalue weighted by molar-refractivity contribution is 0.413. The van der Waals surface area contributed by atoms with Crippen LogP contribution in [0.4, 0.5) is 5.69 Å². The molecule has 2 aromatic carbocycles. The monoisotopic (exact) mass is 353 g/mol. The molecule has 106 valence electrons. The summed E-state index contributed by atoms with van der Waals surface area (Å²) in [6.07, 6.45) is 0. The molecule has 0 spiro atoms. The van der Waals surface area contributed by atoms with Gasteiger partial charge in [-0.3, -0.25) is 0 Å². The highest BCUT2D eigenvalue weighted by atomic mass is 79.9. The lowest BCUT2D eigenvalue weighted by Gasteiger charge is -2.19. The van der Waals surface area contributed by atoms with Crippen LogP contribution in [0.3, 0.4) is 0 Å². The predicted molar refractivity (Wildman–Crippen MR) is 88.9 cm³/mol. The maximum atomic E-state index is 6.11. The number of nitrogens with one attached hydrogen (secondary N) is 1. The molecular weight excluding hydrogens is 338 g/mol. The van der Waals surface area contributed by atoms with Crippen molar-refractivity contribution in [2.24, 2.45) is 0 Å². The van der Waals surface area contributed by atoms with E-state index < -0.39 is 0 Å². The molecule has 0 saturated carbocycles. The molecule has 0 fully saturated rings. The predicted octanol–water partition coefficient (Wildman–Crippen LogP) is 5.59. The van der Waals surface area contributed by atoms with Crippen LogP contribution in [0.15, 0.2) is 40.9 Å². The van der Waals surface area contributed by atoms with Crippen LogP contribution in [0, 0.1) is 6.92 Å². The van der Waals surface area contributed by atoms with Crippen LogP contribution in [0.25, 0.3) is 0 Å². The van der Waals surface area contributed by atoms with E-state index >= 15 is 0 Å². The third-order valence-corrected chi connectivity index (χ3v) is 3.93. The SMILES string of the molecule is COc1c(Br)cc(Cl)cc1NC(C)c1cccc(C)c1. The summed E-state index contributed by atoms with van der Waals surface area (Å²) in [6.45, 7) is 4.20. The fourth-order valence-corrected chi connectivity index (χ4v) is 3.10. The summed E-state index contributed by atoms with van der Waals surface area (Å²) in [5.41, 5.74) is 3.35. The molecule has 2 nitrogen and oxygen atoms in total. The summed E-state index contributed by atoms with van der Waals surface area (Å²) in [5.74, 6) is 0.758. The van der Waals surface area contributed by atoms with Crippen LogP contribution in [-0.4, -0.2) is 7.11 Å². The van der Waals surface area contributed by atoms with E-state index in [0.717, 1.165) is 15.9 Å². The minimum absolute atomic E-state index is 0.161. The van der Waals surface area contributed by atoms with Crippen molar-refractivity contribution >= 4 is 33.2 Å². The van der Waals surface area contributed by atoms with E-state index in [2.05, 4.69) is 59.4 Å². The number of aryl methyl sites for hydroxylation is 1. The minimum Gasteiger partial charge on any atom is -0.493 e. The van der Waals surface area contributed by atoms with Crippen molar-refractivity contribution in [3.05, 3.63) is 57.0 Å². The van der Waals surface area contributed by atoms with Crippen LogP contribution in [0.1, 0.15) is 24.1 Å². The average Bonchev–Trinajstić information content (AvgIpc) is 2.38. The van der Waals surface area contributed by atoms with Gasteiger partial charge in [0.15, 0.2) is 5.75 Å². The second kappa shape index (κ2) is 6.51. The Morgan fingerprint density at radius 3 is 2.65 bits per heavy atom. The number of anilines is 1. The molecule has 4 heteroatoms. The standard InChI is InChI=1S/C16H17BrClNO/c1-10-5-4-6-12(7-10)11(2)19-15-9-13(18)8-14(17)16(15)20-3/h4-9,11,19H,1-3H3. The first kappa shape index (κ1) is 15.2. The van der Waals surface area contributed by atoms with Gasteiger partial charge in [-0.05, 0) is 47.5 Å². The third-order valence-electron chi connectivity index (χ3n) is 3.13. The lowest BCUT2D eigenvalue weighted by Crippen LogP contribution is -2.08. The van der Waals surface area contributed by atoms with Gasteiger partial charge in [0.2, 0.25) is 0 Å². The van der Waals surface area contributed by atoms with Gasteiger partial charge in [0.05, 0.1) is 17.3 Å². The first-order chi connectivity index (χ1) is 9.51. The number of halogens is 2. The fourth-order valence-electron chi connectivity index (χ4n) is 2.13. The Labute approximate surface area is 133 Å². The topological polar surface area (TPSA) is 21.3 Å². The van der Waals surface area contributed by atoms with Gasteiger partial charge in [0.25, 0.3) is 0 Å². The highest BCUT2D eigenvalue weighted by Gasteiger charge is 2.13. The second-order valence-electron chi connectivity index (χ2n) is 4.75. The minimum atomic E-state index is 0.161. The van der Waals surface area contributed by atoms with Crippen LogP contribution in [0.2, 0.25) is 5.02 Å². The maximum Gasteiger partial charge on any atom is 0.156 e. The molecule has 0 aliphatic rings. The number of hydrogen-bond acceptors (Lipinski definition) is 2. The molecular formula is C16H17BrClNO. The molecule has 0 heterocycles. The summed E-state index contributed by atoms with van der Waals surface area (Å²) in [7, 11) is 1.65. The van der Waals surface area contributed by atoms with Gasteiger partial charge in [-0.15, -0.1) is 0 Å². The zero-order valence-corrected chi connectivity index (χ0v) is 14.0. The first-order valence-electron chi connectivity index (χ1n) is 6.37. The van der Waals surface area contributed by atoms with Crippen LogP contribution >= 0.6 is 27.5 Å². The molecule has 2 rings (SSSR count). The second-order valence-corrected chi connectivity index (χ2v) is 6.04. The van der Waals surface area contributed by atoms with E-state index in [-0.39, 0.29) is 6.04 Å². The maximum absolute atomic E-state index is 6.11. The normalized spacial score (nSPS) is 12.1. The highest BCUT2D eigenvalue weighted by molar-refractivity contribution is 9.10. The quantitative estimate of drug-likeness (QED) is 0.772. The molecule has 1 atom stereocenters. The molecule has 1 N–H and O–H groups in total. The van der Waals surface area contributed by atoms with Gasteiger partial charge >= 0.3 is 0 Å². The number of benzene rings is 2. The van der Waals surface area contributed by atoms with Crippen molar-refractivity contribution in [2.45, 2.75) is 19.9 Å². The van der Waals surface area contributed by atoms with Gasteiger partial charge in [0.1, 0.15) is 0 Å². The number of rotatable bonds is 4. The molecule has 0 bridgehead atoms. The summed E-state index contributed by atoms with van der Waals surface area (Å²) in [6, 6.07) is 12.3. The lowest BCUT2D eigenvalue weighted by atomic mass is 10.1. The smallest absolute Gasteiger partial charge is 0.156 e. The van der Waals surface area contributed by atoms with Crippen molar-refractivity contribution in [2.75, 3.05) is 12.4 Å². The molecule has 0 amide bonds. The van der Waals surface area contributed by atoms with Gasteiger partial charge in [0, 0.05) is 11.1 Å². The molecule has 2 aromatic rings. The third kappa shape index (κ3) is 3.47. The van der Waals surface area contributed by atoms with E-state index in [1.807, 2.05) is 12.1 Å². The van der Waals surface area contributed by atoms with Crippen molar-refractivity contribution in [3.8, 4) is 5.75 Å². The number of ether oxygens (including phenoxy) is 1. The molecule has 0 aliphatic heterocycles. The Bertz CT molecular complexity index is 615. The molecule has 1 unspecified atom stereocenters. The average molecular weight is 355 g/mol. The zero-order valence-electron chi connectivity index (χ0n) is 11.7. The zero-order chi connectivity index (χ0) is 14.7. The Kier molecular flexibility index (Phi) is 4.95. The largest absolute Gasteiger partial charge is 0.493 e. The van der Waals surface area contributed by atoms with Gasteiger partial charge in [-0.1, -0.05) is 41.4 Å². The van der Waals surface area contributed by atoms with Crippen molar-refractivity contribution in [1.82, 2.24) is 0 Å². The van der Waals surface area contributed by atoms with Gasteiger partial charge in [-0.2, -0.15) is 0 Å². The number of methoxy groups -OCH3 is 1. The van der Waals surface area contributed by atoms with Crippen LogP contribution in [-0.2, 0) is 0 Å². The van der Waals surface area contributed by atoms with Crippen molar-refractivity contribution in [3.63, 3.8) is 0 Å². The van der Waals surface area contributed by atoms with E-state index in [1.54, 1.807) is 7.11 Å². The van der Waals surface area contributed by atoms with Gasteiger partial charge < -0.3 is 10.1 Å².